The van der Waals surface area contributed by atoms with Crippen molar-refractivity contribution in [3.63, 3.8) is 0 Å². The molecule has 0 saturated carbocycles. The molecule has 4 heteroatoms. The van der Waals surface area contributed by atoms with Crippen LogP contribution < -0.4 is 5.73 Å². The van der Waals surface area contributed by atoms with E-state index in [2.05, 4.69) is 62.0 Å². The lowest BCUT2D eigenvalue weighted by molar-refractivity contribution is 0.705. The molecule has 2 nitrogen and oxygen atoms in total. The molecular weight excluding hydrogens is 356 g/mol. The fourth-order valence-electron chi connectivity index (χ4n) is 1.71. The Labute approximate surface area is 124 Å². The van der Waals surface area contributed by atoms with E-state index in [4.69, 9.17) is 5.73 Å². The van der Waals surface area contributed by atoms with Gasteiger partial charge in [-0.05, 0) is 52.2 Å². The Balaban J connectivity index is 2.13. The molecule has 0 spiro atoms. The molecule has 2 aromatic rings. The zero-order chi connectivity index (χ0) is 13.1. The molecule has 18 heavy (non-hydrogen) atoms. The standard InChI is InChI=1S/C14H14Br2N2/c1-9-2-3-10(6-13(9)16)14(17)7-12-5-4-11(15)8-18-12/h2-6,8,14H,7,17H2,1H3. The summed E-state index contributed by atoms with van der Waals surface area (Å²) in [5, 5.41) is 0. The minimum Gasteiger partial charge on any atom is -0.324 e. The summed E-state index contributed by atoms with van der Waals surface area (Å²) >= 11 is 6.91. The molecule has 0 aliphatic heterocycles. The molecule has 0 radical (unpaired) electrons. The molecule has 2 N–H and O–H groups in total. The normalized spacial score (nSPS) is 12.4. The zero-order valence-electron chi connectivity index (χ0n) is 10.0. The van der Waals surface area contributed by atoms with Crippen LogP contribution in [0, 0.1) is 6.92 Å². The third-order valence-corrected chi connectivity index (χ3v) is 4.17. The van der Waals surface area contributed by atoms with Gasteiger partial charge in [0.25, 0.3) is 0 Å². The van der Waals surface area contributed by atoms with Crippen molar-refractivity contribution in [2.75, 3.05) is 0 Å². The van der Waals surface area contributed by atoms with Crippen LogP contribution in [0.2, 0.25) is 0 Å². The molecule has 1 heterocycles. The molecule has 2 rings (SSSR count). The highest BCUT2D eigenvalue weighted by atomic mass is 79.9. The van der Waals surface area contributed by atoms with Gasteiger partial charge in [0.15, 0.2) is 0 Å². The maximum atomic E-state index is 6.21. The summed E-state index contributed by atoms with van der Waals surface area (Å²) in [4.78, 5) is 4.35. The Hall–Kier alpha value is -0.710. The van der Waals surface area contributed by atoms with Crippen LogP contribution in [0.15, 0.2) is 45.5 Å². The first kappa shape index (κ1) is 13.7. The fourth-order valence-corrected chi connectivity index (χ4v) is 2.34. The number of hydrogen-bond acceptors (Lipinski definition) is 2. The van der Waals surface area contributed by atoms with E-state index in [1.807, 2.05) is 12.1 Å². The average molecular weight is 370 g/mol. The quantitative estimate of drug-likeness (QED) is 0.882. The summed E-state index contributed by atoms with van der Waals surface area (Å²) in [5.41, 5.74) is 9.55. The number of rotatable bonds is 3. The summed E-state index contributed by atoms with van der Waals surface area (Å²) in [5.74, 6) is 0. The van der Waals surface area contributed by atoms with Crippen molar-refractivity contribution in [3.8, 4) is 0 Å². The number of hydrogen-bond donors (Lipinski definition) is 1. The fraction of sp³-hybridized carbons (Fsp3) is 0.214. The Morgan fingerprint density at radius 3 is 2.61 bits per heavy atom. The first-order valence-electron chi connectivity index (χ1n) is 5.68. The number of nitrogens with zero attached hydrogens (tertiary/aromatic N) is 1. The highest BCUT2D eigenvalue weighted by molar-refractivity contribution is 9.10. The third kappa shape index (κ3) is 3.40. The van der Waals surface area contributed by atoms with Gasteiger partial charge in [-0.3, -0.25) is 4.98 Å². The number of pyridine rings is 1. The van der Waals surface area contributed by atoms with Crippen molar-refractivity contribution in [1.82, 2.24) is 4.98 Å². The highest BCUT2D eigenvalue weighted by Crippen LogP contribution is 2.22. The predicted molar refractivity (Wildman–Crippen MR) is 81.4 cm³/mol. The van der Waals surface area contributed by atoms with E-state index < -0.39 is 0 Å². The van der Waals surface area contributed by atoms with Crippen molar-refractivity contribution < 1.29 is 0 Å². The second-order valence-corrected chi connectivity index (χ2v) is 6.06. The first-order chi connectivity index (χ1) is 8.56. The van der Waals surface area contributed by atoms with Crippen LogP contribution in [-0.2, 0) is 6.42 Å². The van der Waals surface area contributed by atoms with Crippen LogP contribution in [0.3, 0.4) is 0 Å². The minimum atomic E-state index is -0.0319. The van der Waals surface area contributed by atoms with Crippen molar-refractivity contribution in [3.05, 3.63) is 62.3 Å². The van der Waals surface area contributed by atoms with Crippen LogP contribution in [0.5, 0.6) is 0 Å². The van der Waals surface area contributed by atoms with Gasteiger partial charge in [-0.2, -0.15) is 0 Å². The predicted octanol–water partition coefficient (Wildman–Crippen LogP) is 4.16. The van der Waals surface area contributed by atoms with Gasteiger partial charge >= 0.3 is 0 Å². The summed E-state index contributed by atoms with van der Waals surface area (Å²) < 4.78 is 2.08. The van der Waals surface area contributed by atoms with E-state index in [-0.39, 0.29) is 6.04 Å². The zero-order valence-corrected chi connectivity index (χ0v) is 13.2. The van der Waals surface area contributed by atoms with Crippen molar-refractivity contribution in [2.24, 2.45) is 5.73 Å². The average Bonchev–Trinajstić information content (AvgIpc) is 2.35. The van der Waals surface area contributed by atoms with Gasteiger partial charge in [0.1, 0.15) is 0 Å². The second-order valence-electron chi connectivity index (χ2n) is 4.29. The van der Waals surface area contributed by atoms with Crippen LogP contribution in [0.25, 0.3) is 0 Å². The Kier molecular flexibility index (Phi) is 4.54. The van der Waals surface area contributed by atoms with Gasteiger partial charge < -0.3 is 5.73 Å². The molecule has 0 aliphatic rings. The molecule has 1 atom stereocenters. The number of benzene rings is 1. The number of halogens is 2. The molecule has 94 valence electrons. The minimum absolute atomic E-state index is 0.0319. The summed E-state index contributed by atoms with van der Waals surface area (Å²) in [6.45, 7) is 2.07. The van der Waals surface area contributed by atoms with E-state index in [0.717, 1.165) is 26.6 Å². The molecule has 1 aromatic heterocycles. The van der Waals surface area contributed by atoms with Crippen LogP contribution in [-0.4, -0.2) is 4.98 Å². The van der Waals surface area contributed by atoms with Gasteiger partial charge in [-0.15, -0.1) is 0 Å². The molecule has 0 aliphatic carbocycles. The molecule has 0 amide bonds. The number of aromatic nitrogens is 1. The highest BCUT2D eigenvalue weighted by Gasteiger charge is 2.09. The first-order valence-corrected chi connectivity index (χ1v) is 7.27. The lowest BCUT2D eigenvalue weighted by Gasteiger charge is -2.13. The largest absolute Gasteiger partial charge is 0.324 e. The van der Waals surface area contributed by atoms with Gasteiger partial charge in [0.05, 0.1) is 0 Å². The van der Waals surface area contributed by atoms with Crippen LogP contribution >= 0.6 is 31.9 Å². The maximum Gasteiger partial charge on any atom is 0.0423 e. The van der Waals surface area contributed by atoms with E-state index in [1.165, 1.54) is 5.56 Å². The van der Waals surface area contributed by atoms with Gasteiger partial charge in [0.2, 0.25) is 0 Å². The van der Waals surface area contributed by atoms with Crippen molar-refractivity contribution in [2.45, 2.75) is 19.4 Å². The number of nitrogens with two attached hydrogens (primary N) is 1. The Morgan fingerprint density at radius 2 is 2.00 bits per heavy atom. The lowest BCUT2D eigenvalue weighted by Crippen LogP contribution is -2.14. The Morgan fingerprint density at radius 1 is 1.22 bits per heavy atom. The van der Waals surface area contributed by atoms with Gasteiger partial charge in [-0.1, -0.05) is 28.1 Å². The molecule has 1 unspecified atom stereocenters. The van der Waals surface area contributed by atoms with E-state index in [9.17, 15) is 0 Å². The molecular formula is C14H14Br2N2. The summed E-state index contributed by atoms with van der Waals surface area (Å²) in [7, 11) is 0. The summed E-state index contributed by atoms with van der Waals surface area (Å²) in [6.07, 6.45) is 2.54. The molecule has 0 fully saturated rings. The second kappa shape index (κ2) is 5.95. The van der Waals surface area contributed by atoms with E-state index >= 15 is 0 Å². The SMILES string of the molecule is Cc1ccc(C(N)Cc2ccc(Br)cn2)cc1Br. The smallest absolute Gasteiger partial charge is 0.0423 e. The van der Waals surface area contributed by atoms with Crippen molar-refractivity contribution in [1.29, 1.82) is 0 Å². The van der Waals surface area contributed by atoms with Crippen LogP contribution in [0.4, 0.5) is 0 Å². The molecule has 0 bridgehead atoms. The lowest BCUT2D eigenvalue weighted by atomic mass is 10.0. The van der Waals surface area contributed by atoms with E-state index in [0.29, 0.717) is 0 Å². The van der Waals surface area contributed by atoms with Crippen molar-refractivity contribution >= 4 is 31.9 Å². The topological polar surface area (TPSA) is 38.9 Å². The van der Waals surface area contributed by atoms with Crippen LogP contribution in [0.1, 0.15) is 22.9 Å². The monoisotopic (exact) mass is 368 g/mol. The summed E-state index contributed by atoms with van der Waals surface area (Å²) in [6, 6.07) is 10.2. The van der Waals surface area contributed by atoms with E-state index in [1.54, 1.807) is 6.20 Å². The third-order valence-electron chi connectivity index (χ3n) is 2.84. The molecule has 0 saturated heterocycles. The van der Waals surface area contributed by atoms with Gasteiger partial charge in [-0.25, -0.2) is 0 Å². The Bertz CT molecular complexity index is 538. The number of aryl methyl sites for hydroxylation is 1. The maximum absolute atomic E-state index is 6.21. The van der Waals surface area contributed by atoms with Gasteiger partial charge in [0, 0.05) is 33.3 Å². The molecule has 1 aromatic carbocycles.